The van der Waals surface area contributed by atoms with E-state index in [-0.39, 0.29) is 6.61 Å². The highest BCUT2D eigenvalue weighted by molar-refractivity contribution is 5.68. The van der Waals surface area contributed by atoms with Gasteiger partial charge >= 0.3 is 23.9 Å². The van der Waals surface area contributed by atoms with Crippen molar-refractivity contribution < 1.29 is 42.9 Å². The van der Waals surface area contributed by atoms with Crippen LogP contribution in [0.4, 0.5) is 0 Å². The fraction of sp³-hybridized carbons (Fsp3) is 0.714. The van der Waals surface area contributed by atoms with Crippen molar-refractivity contribution >= 4 is 23.9 Å². The third-order valence-electron chi connectivity index (χ3n) is 3.03. The summed E-state index contributed by atoms with van der Waals surface area (Å²) in [6.07, 6.45) is -4.58. The number of nitrogens with two attached hydrogens (primary N) is 1. The highest BCUT2D eigenvalue weighted by atomic mass is 16.7. The van der Waals surface area contributed by atoms with E-state index in [4.69, 9.17) is 29.4 Å². The van der Waals surface area contributed by atoms with E-state index < -0.39 is 54.5 Å². The van der Waals surface area contributed by atoms with E-state index >= 15 is 0 Å². The van der Waals surface area contributed by atoms with Gasteiger partial charge in [0.05, 0.1) is 0 Å². The fourth-order valence-electron chi connectivity index (χ4n) is 2.20. The highest BCUT2D eigenvalue weighted by Gasteiger charge is 2.50. The van der Waals surface area contributed by atoms with Gasteiger partial charge in [-0.1, -0.05) is 0 Å². The first-order valence-corrected chi connectivity index (χ1v) is 7.18. The summed E-state index contributed by atoms with van der Waals surface area (Å²) in [7, 11) is 0. The summed E-state index contributed by atoms with van der Waals surface area (Å²) in [5.41, 5.74) is 5.93. The molecular formula is C14H21NO9. The van der Waals surface area contributed by atoms with Crippen LogP contribution in [0.2, 0.25) is 0 Å². The second kappa shape index (κ2) is 8.60. The summed E-state index contributed by atoms with van der Waals surface area (Å²) >= 11 is 0. The maximum absolute atomic E-state index is 11.3. The molecule has 1 aliphatic heterocycles. The number of carbonyl (C=O) groups is 4. The first-order chi connectivity index (χ1) is 11.1. The summed E-state index contributed by atoms with van der Waals surface area (Å²) in [6, 6.07) is -1.10. The lowest BCUT2D eigenvalue weighted by Crippen LogP contribution is -2.65. The maximum Gasteiger partial charge on any atom is 0.304 e. The van der Waals surface area contributed by atoms with E-state index in [2.05, 4.69) is 0 Å². The molecule has 24 heavy (non-hydrogen) atoms. The first-order valence-electron chi connectivity index (χ1n) is 7.18. The lowest BCUT2D eigenvalue weighted by atomic mass is 9.97. The SMILES string of the molecule is CC(=O)OCC1O[C@H](OC(C)=O)[C@@H](N)[C@@H](OC(C)=O)[C@@H]1OC(C)=O. The molecule has 1 rings (SSSR count). The van der Waals surface area contributed by atoms with Crippen LogP contribution in [0.5, 0.6) is 0 Å². The number of hydrogen-bond donors (Lipinski definition) is 1. The summed E-state index contributed by atoms with van der Waals surface area (Å²) in [6.45, 7) is 4.32. The van der Waals surface area contributed by atoms with Crippen LogP contribution < -0.4 is 5.73 Å². The van der Waals surface area contributed by atoms with E-state index in [0.717, 1.165) is 20.8 Å². The molecule has 0 spiro atoms. The Morgan fingerprint density at radius 3 is 1.79 bits per heavy atom. The molecule has 0 bridgehead atoms. The first kappa shape index (κ1) is 19.8. The molecule has 5 atom stereocenters. The molecule has 1 saturated heterocycles. The second-order valence-electron chi connectivity index (χ2n) is 5.18. The van der Waals surface area contributed by atoms with Gasteiger partial charge in [0.2, 0.25) is 6.29 Å². The number of ether oxygens (including phenoxy) is 5. The molecule has 0 radical (unpaired) electrons. The largest absolute Gasteiger partial charge is 0.463 e. The molecule has 1 aliphatic rings. The van der Waals surface area contributed by atoms with E-state index in [1.165, 1.54) is 6.92 Å². The predicted octanol–water partition coefficient (Wildman–Crippen LogP) is -0.972. The summed E-state index contributed by atoms with van der Waals surface area (Å²) in [5.74, 6) is -2.62. The van der Waals surface area contributed by atoms with Crippen LogP contribution in [-0.2, 0) is 42.9 Å². The second-order valence-corrected chi connectivity index (χ2v) is 5.18. The Hall–Kier alpha value is -2.20. The zero-order chi connectivity index (χ0) is 18.4. The Balaban J connectivity index is 3.08. The summed E-state index contributed by atoms with van der Waals surface area (Å²) < 4.78 is 25.5. The molecular weight excluding hydrogens is 326 g/mol. The smallest absolute Gasteiger partial charge is 0.304 e. The summed E-state index contributed by atoms with van der Waals surface area (Å²) in [5, 5.41) is 0. The minimum absolute atomic E-state index is 0.310. The van der Waals surface area contributed by atoms with Crippen LogP contribution in [0.25, 0.3) is 0 Å². The van der Waals surface area contributed by atoms with Crippen molar-refractivity contribution in [1.29, 1.82) is 0 Å². The van der Waals surface area contributed by atoms with Gasteiger partial charge in [-0.3, -0.25) is 19.2 Å². The molecule has 1 heterocycles. The van der Waals surface area contributed by atoms with Gasteiger partial charge in [0.1, 0.15) is 18.8 Å². The quantitative estimate of drug-likeness (QED) is 0.487. The van der Waals surface area contributed by atoms with Gasteiger partial charge in [0, 0.05) is 27.7 Å². The predicted molar refractivity (Wildman–Crippen MR) is 76.1 cm³/mol. The Bertz CT molecular complexity index is 490. The highest BCUT2D eigenvalue weighted by Crippen LogP contribution is 2.26. The van der Waals surface area contributed by atoms with Crippen LogP contribution in [0.15, 0.2) is 0 Å². The van der Waals surface area contributed by atoms with Crippen LogP contribution >= 0.6 is 0 Å². The molecule has 0 aromatic carbocycles. The normalized spacial score (nSPS) is 29.3. The van der Waals surface area contributed by atoms with Crippen LogP contribution in [0, 0.1) is 0 Å². The van der Waals surface area contributed by atoms with Gasteiger partial charge in [-0.05, 0) is 0 Å². The fourth-order valence-corrected chi connectivity index (χ4v) is 2.20. The van der Waals surface area contributed by atoms with Crippen molar-refractivity contribution in [1.82, 2.24) is 0 Å². The minimum atomic E-state index is -1.26. The molecule has 136 valence electrons. The monoisotopic (exact) mass is 347 g/mol. The molecule has 2 N–H and O–H groups in total. The topological polar surface area (TPSA) is 140 Å². The standard InChI is InChI=1S/C14H21NO9/c1-6(16)20-5-10-12(21-7(2)17)13(22-8(3)18)11(15)14(24-10)23-9(4)19/h10-14H,5,15H2,1-4H3/t10?,11-,12+,13+,14-/m0/s1. The Kier molecular flexibility index (Phi) is 7.11. The Labute approximate surface area is 138 Å². The zero-order valence-electron chi connectivity index (χ0n) is 13.8. The van der Waals surface area contributed by atoms with E-state index in [0.29, 0.717) is 0 Å². The van der Waals surface area contributed by atoms with Gasteiger partial charge in [-0.25, -0.2) is 0 Å². The van der Waals surface area contributed by atoms with E-state index in [1.807, 2.05) is 0 Å². The lowest BCUT2D eigenvalue weighted by Gasteiger charge is -2.42. The molecule has 1 fully saturated rings. The molecule has 1 unspecified atom stereocenters. The van der Waals surface area contributed by atoms with Gasteiger partial charge in [0.25, 0.3) is 0 Å². The molecule has 0 aliphatic carbocycles. The number of rotatable bonds is 5. The van der Waals surface area contributed by atoms with Gasteiger partial charge < -0.3 is 29.4 Å². The number of carbonyl (C=O) groups excluding carboxylic acids is 4. The van der Waals surface area contributed by atoms with Gasteiger partial charge in [-0.2, -0.15) is 0 Å². The van der Waals surface area contributed by atoms with Crippen molar-refractivity contribution in [2.24, 2.45) is 5.73 Å². The average molecular weight is 347 g/mol. The number of hydrogen-bond acceptors (Lipinski definition) is 10. The zero-order valence-corrected chi connectivity index (χ0v) is 13.8. The van der Waals surface area contributed by atoms with Crippen molar-refractivity contribution in [3.05, 3.63) is 0 Å². The molecule has 0 aromatic rings. The average Bonchev–Trinajstić information content (AvgIpc) is 2.42. The molecule has 0 aromatic heterocycles. The van der Waals surface area contributed by atoms with E-state index in [9.17, 15) is 19.2 Å². The van der Waals surface area contributed by atoms with Crippen molar-refractivity contribution in [3.8, 4) is 0 Å². The Morgan fingerprint density at radius 2 is 1.33 bits per heavy atom. The van der Waals surface area contributed by atoms with Crippen LogP contribution in [0.3, 0.4) is 0 Å². The molecule has 10 nitrogen and oxygen atoms in total. The third kappa shape index (κ3) is 5.78. The molecule has 0 saturated carbocycles. The van der Waals surface area contributed by atoms with Gasteiger partial charge in [0.15, 0.2) is 12.2 Å². The van der Waals surface area contributed by atoms with Crippen molar-refractivity contribution in [2.75, 3.05) is 6.61 Å². The van der Waals surface area contributed by atoms with Gasteiger partial charge in [-0.15, -0.1) is 0 Å². The third-order valence-corrected chi connectivity index (χ3v) is 3.03. The van der Waals surface area contributed by atoms with Crippen molar-refractivity contribution in [3.63, 3.8) is 0 Å². The maximum atomic E-state index is 11.3. The number of esters is 4. The summed E-state index contributed by atoms with van der Waals surface area (Å²) in [4.78, 5) is 44.9. The van der Waals surface area contributed by atoms with E-state index in [1.54, 1.807) is 0 Å². The molecule has 10 heteroatoms. The van der Waals surface area contributed by atoms with Crippen LogP contribution in [0.1, 0.15) is 27.7 Å². The Morgan fingerprint density at radius 1 is 0.833 bits per heavy atom. The lowest BCUT2D eigenvalue weighted by molar-refractivity contribution is -0.267. The van der Waals surface area contributed by atoms with Crippen molar-refractivity contribution in [2.45, 2.75) is 58.3 Å². The molecule has 0 amide bonds. The minimum Gasteiger partial charge on any atom is -0.463 e. The van der Waals surface area contributed by atoms with Crippen LogP contribution in [-0.4, -0.2) is 61.1 Å².